The van der Waals surface area contributed by atoms with E-state index >= 15 is 0 Å². The van der Waals surface area contributed by atoms with Gasteiger partial charge in [-0.05, 0) is 55.5 Å². The lowest BCUT2D eigenvalue weighted by molar-refractivity contribution is -0.124. The summed E-state index contributed by atoms with van der Waals surface area (Å²) in [5.74, 6) is -0.516. The van der Waals surface area contributed by atoms with Gasteiger partial charge in [0, 0.05) is 33.8 Å². The minimum atomic E-state index is -0.809. The third-order valence-corrected chi connectivity index (χ3v) is 5.81. The first-order chi connectivity index (χ1) is 16.9. The van der Waals surface area contributed by atoms with Crippen LogP contribution in [0.1, 0.15) is 31.4 Å². The summed E-state index contributed by atoms with van der Waals surface area (Å²) in [4.78, 5) is 24.2. The van der Waals surface area contributed by atoms with Crippen molar-refractivity contribution in [2.75, 3.05) is 11.9 Å². The predicted octanol–water partition coefficient (Wildman–Crippen LogP) is 5.84. The average Bonchev–Trinajstić information content (AvgIpc) is 2.86. The second kappa shape index (κ2) is 12.9. The number of hydroxylamine groups is 1. The highest BCUT2D eigenvalue weighted by molar-refractivity contribution is 9.10. The van der Waals surface area contributed by atoms with E-state index in [4.69, 9.17) is 14.7 Å². The van der Waals surface area contributed by atoms with Gasteiger partial charge < -0.3 is 14.6 Å². The van der Waals surface area contributed by atoms with Gasteiger partial charge in [0.2, 0.25) is 0 Å². The van der Waals surface area contributed by atoms with E-state index in [0.29, 0.717) is 36.1 Å². The molecule has 0 saturated heterocycles. The van der Waals surface area contributed by atoms with E-state index < -0.39 is 24.2 Å². The first-order valence-corrected chi connectivity index (χ1v) is 11.9. The molecule has 0 spiro atoms. The lowest BCUT2D eigenvalue weighted by Crippen LogP contribution is -2.29. The van der Waals surface area contributed by atoms with Crippen LogP contribution in [0.5, 0.6) is 5.75 Å². The zero-order valence-electron chi connectivity index (χ0n) is 19.1. The molecule has 0 saturated carbocycles. The largest absolute Gasteiger partial charge is 0.507 e. The number of phenols is 1. The van der Waals surface area contributed by atoms with Crippen LogP contribution < -0.4 is 10.8 Å². The fourth-order valence-electron chi connectivity index (χ4n) is 3.71. The molecule has 3 aromatic rings. The van der Waals surface area contributed by atoms with Crippen molar-refractivity contribution in [3.05, 3.63) is 82.9 Å². The van der Waals surface area contributed by atoms with Crippen molar-refractivity contribution in [3.63, 3.8) is 0 Å². The Balaban J connectivity index is 1.93. The van der Waals surface area contributed by atoms with Gasteiger partial charge in [-0.2, -0.15) is 0 Å². The molecular weight excluding hydrogens is 516 g/mol. The molecule has 0 aliphatic rings. The Hall–Kier alpha value is -3.40. The van der Waals surface area contributed by atoms with Crippen molar-refractivity contribution < 1.29 is 29.4 Å². The number of halogens is 1. The Labute approximate surface area is 211 Å². The zero-order valence-corrected chi connectivity index (χ0v) is 20.7. The molecule has 0 aliphatic carbocycles. The molecule has 0 heterocycles. The van der Waals surface area contributed by atoms with Crippen molar-refractivity contribution in [2.24, 2.45) is 0 Å². The minimum absolute atomic E-state index is 0.119. The van der Waals surface area contributed by atoms with Crippen molar-refractivity contribution >= 4 is 44.4 Å². The van der Waals surface area contributed by atoms with Crippen LogP contribution in [-0.2, 0) is 14.3 Å². The van der Waals surface area contributed by atoms with Crippen LogP contribution in [0.3, 0.4) is 0 Å². The molecule has 9 heteroatoms. The first-order valence-electron chi connectivity index (χ1n) is 11.1. The second-order valence-corrected chi connectivity index (χ2v) is 8.54. The lowest BCUT2D eigenvalue weighted by Gasteiger charge is -2.28. The number of fused-ring (bicyclic) bond motifs is 1. The Bertz CT molecular complexity index is 1180. The highest BCUT2D eigenvalue weighted by Crippen LogP contribution is 2.36. The van der Waals surface area contributed by atoms with Crippen LogP contribution in [0, 0.1) is 0 Å². The predicted molar refractivity (Wildman–Crippen MR) is 136 cm³/mol. The molecule has 8 nitrogen and oxygen atoms in total. The summed E-state index contributed by atoms with van der Waals surface area (Å²) in [6.07, 6.45) is 1.66. The van der Waals surface area contributed by atoms with E-state index in [1.807, 2.05) is 25.1 Å². The van der Waals surface area contributed by atoms with Crippen LogP contribution in [-0.4, -0.2) is 35.0 Å². The van der Waals surface area contributed by atoms with Gasteiger partial charge in [-0.15, -0.1) is 0 Å². The van der Waals surface area contributed by atoms with Gasteiger partial charge >= 0.3 is 6.09 Å². The van der Waals surface area contributed by atoms with Gasteiger partial charge in [0.1, 0.15) is 5.75 Å². The van der Waals surface area contributed by atoms with Crippen LogP contribution in [0.15, 0.2) is 77.3 Å². The molecular formula is C26H27BrN2O6. The van der Waals surface area contributed by atoms with E-state index in [1.54, 1.807) is 54.0 Å². The maximum atomic E-state index is 12.9. The molecule has 0 aliphatic heterocycles. The number of allylic oxidation sites excluding steroid dienone is 1. The summed E-state index contributed by atoms with van der Waals surface area (Å²) >= 11 is 3.37. The van der Waals surface area contributed by atoms with Gasteiger partial charge in [0.05, 0.1) is 6.10 Å². The third-order valence-electron chi connectivity index (χ3n) is 5.28. The number of hydrogen-bond acceptors (Lipinski definition) is 6. The Morgan fingerprint density at radius 3 is 2.46 bits per heavy atom. The number of nitrogens with one attached hydrogen (secondary N) is 2. The number of ether oxygens (including phenoxy) is 2. The topological polar surface area (TPSA) is 117 Å². The van der Waals surface area contributed by atoms with Gasteiger partial charge in [-0.25, -0.2) is 10.3 Å². The molecule has 3 aromatic carbocycles. The fraction of sp³-hybridized carbons (Fsp3) is 0.231. The molecule has 0 fully saturated rings. The Kier molecular flexibility index (Phi) is 9.66. The fourth-order valence-corrected chi connectivity index (χ4v) is 3.98. The molecule has 4 N–H and O–H groups in total. The summed E-state index contributed by atoms with van der Waals surface area (Å²) in [5.41, 5.74) is 2.79. The molecule has 0 unspecified atom stereocenters. The lowest BCUT2D eigenvalue weighted by atomic mass is 9.94. The van der Waals surface area contributed by atoms with Gasteiger partial charge in [-0.1, -0.05) is 52.3 Å². The maximum absolute atomic E-state index is 12.9. The number of aromatic hydroxyl groups is 1. The van der Waals surface area contributed by atoms with E-state index in [9.17, 15) is 14.7 Å². The highest BCUT2D eigenvalue weighted by atomic mass is 79.9. The summed E-state index contributed by atoms with van der Waals surface area (Å²) in [5, 5.41) is 23.1. The van der Waals surface area contributed by atoms with E-state index in [0.717, 1.165) is 9.86 Å². The average molecular weight is 543 g/mol. The third kappa shape index (κ3) is 7.29. The maximum Gasteiger partial charge on any atom is 0.412 e. The molecule has 0 bridgehead atoms. The number of amides is 2. The molecule has 2 amide bonds. The second-order valence-electron chi connectivity index (χ2n) is 7.63. The molecule has 3 rings (SSSR count). The summed E-state index contributed by atoms with van der Waals surface area (Å²) < 4.78 is 12.8. The monoisotopic (exact) mass is 542 g/mol. The summed E-state index contributed by atoms with van der Waals surface area (Å²) in [7, 11) is 0. The number of carbonyl (C=O) groups excluding carboxylic acids is 2. The molecule has 35 heavy (non-hydrogen) atoms. The Morgan fingerprint density at radius 1 is 1.06 bits per heavy atom. The number of carbonyl (C=O) groups is 2. The normalized spacial score (nSPS) is 12.9. The van der Waals surface area contributed by atoms with Gasteiger partial charge in [0.25, 0.3) is 5.91 Å². The van der Waals surface area contributed by atoms with Gasteiger partial charge in [-0.3, -0.25) is 15.3 Å². The molecule has 0 aromatic heterocycles. The molecule has 0 radical (unpaired) electrons. The molecule has 2 atom stereocenters. The first kappa shape index (κ1) is 26.2. The van der Waals surface area contributed by atoms with Crippen LogP contribution in [0.25, 0.3) is 10.8 Å². The van der Waals surface area contributed by atoms with Crippen molar-refractivity contribution in [2.45, 2.75) is 32.0 Å². The number of hydrogen-bond donors (Lipinski definition) is 4. The van der Waals surface area contributed by atoms with Crippen molar-refractivity contribution in [3.8, 4) is 5.75 Å². The van der Waals surface area contributed by atoms with Crippen LogP contribution in [0.4, 0.5) is 10.5 Å². The van der Waals surface area contributed by atoms with Gasteiger partial charge in [0.15, 0.2) is 6.10 Å². The van der Waals surface area contributed by atoms with E-state index in [1.165, 1.54) is 6.08 Å². The highest BCUT2D eigenvalue weighted by Gasteiger charge is 2.29. The van der Waals surface area contributed by atoms with Crippen LogP contribution in [0.2, 0.25) is 0 Å². The molecule has 184 valence electrons. The number of benzene rings is 3. The Morgan fingerprint density at radius 2 is 1.77 bits per heavy atom. The standard InChI is InChI=1S/C26H27BrN2O6/c1-2-34-23(9-5-6-10-24(31)29-33)25(35-26(32)28-18-13-11-17(27)12-14-18)21-15-16-22(30)20-8-4-3-7-19(20)21/h3-4,6-8,10-16,23,25,30,33H,2,5,9H2,1H3,(H,28,32)(H,29,31)/b10-6+/t23-,25-/m0/s1. The number of phenolic OH excluding ortho intramolecular Hbond substituents is 1. The van der Waals surface area contributed by atoms with Crippen LogP contribution >= 0.6 is 15.9 Å². The number of rotatable bonds is 10. The van der Waals surface area contributed by atoms with Crippen molar-refractivity contribution in [1.29, 1.82) is 0 Å². The zero-order chi connectivity index (χ0) is 25.2. The van der Waals surface area contributed by atoms with E-state index in [-0.39, 0.29) is 5.75 Å². The van der Waals surface area contributed by atoms with E-state index in [2.05, 4.69) is 21.2 Å². The summed E-state index contributed by atoms with van der Waals surface area (Å²) in [6, 6.07) is 17.7. The number of anilines is 1. The SMILES string of the molecule is CCO[C@@H](CC/C=C/C(=O)NO)[C@@H](OC(=O)Nc1ccc(Br)cc1)c1ccc(O)c2ccccc12. The quantitative estimate of drug-likeness (QED) is 0.145. The van der Waals surface area contributed by atoms with Crippen molar-refractivity contribution in [1.82, 2.24) is 5.48 Å². The summed E-state index contributed by atoms with van der Waals surface area (Å²) in [6.45, 7) is 2.21. The minimum Gasteiger partial charge on any atom is -0.507 e. The smallest absolute Gasteiger partial charge is 0.412 e.